The quantitative estimate of drug-likeness (QED) is 0.237. The van der Waals surface area contributed by atoms with Crippen LogP contribution in [0, 0.1) is 12.8 Å². The first kappa shape index (κ1) is 36.4. The molecule has 41 heavy (non-hydrogen) atoms. The minimum Gasteiger partial charge on any atom is -0.378 e. The summed E-state index contributed by atoms with van der Waals surface area (Å²) in [4.78, 5) is 4.57. The molecule has 230 valence electrons. The maximum Gasteiger partial charge on any atom is 0.0950 e. The van der Waals surface area contributed by atoms with Gasteiger partial charge in [0.1, 0.15) is 0 Å². The fourth-order valence-electron chi connectivity index (χ4n) is 5.55. The zero-order chi connectivity index (χ0) is 30.8. The van der Waals surface area contributed by atoms with Gasteiger partial charge in [0, 0.05) is 36.4 Å². The highest BCUT2D eigenvalue weighted by Crippen LogP contribution is 2.31. The van der Waals surface area contributed by atoms with E-state index in [0.29, 0.717) is 12.5 Å². The average Bonchev–Trinajstić information content (AvgIpc) is 2.99. The Bertz CT molecular complexity index is 1020. The van der Waals surface area contributed by atoms with Crippen molar-refractivity contribution >= 4 is 5.69 Å². The number of hydrogen-bond acceptors (Lipinski definition) is 2. The first-order valence-electron chi connectivity index (χ1n) is 15.9. The maximum absolute atomic E-state index is 12.8. The number of halogens is 2. The number of benzene rings is 2. The van der Waals surface area contributed by atoms with Gasteiger partial charge in [-0.15, -0.1) is 0 Å². The normalized spacial score (nSPS) is 13.2. The van der Waals surface area contributed by atoms with Crippen LogP contribution in [0.2, 0.25) is 0 Å². The van der Waals surface area contributed by atoms with Gasteiger partial charge in [-0.05, 0) is 92.5 Å². The van der Waals surface area contributed by atoms with Crippen LogP contribution in [0.5, 0.6) is 0 Å². The standard InChI is InChI=1S/C21H30F2N2.C14H22.C2H6/c1-5-24-10-8-20(9-11-24)25(16(2)3)21-7-6-18(12-17(21)4)13-19(14-22)15-23;1-4-7-13-10-9-12(6-3)11-14(13)8-5-2;1-2/h5-7,12,19-20H,1-2,8-11,13-15H2,3-4H3;9-11H,4-8H2,1-3H3;1-2H3. The summed E-state index contributed by atoms with van der Waals surface area (Å²) >= 11 is 0. The molecule has 2 aromatic carbocycles. The molecular formula is C37H58F2N2. The number of allylic oxidation sites excluding steroid dienone is 1. The van der Waals surface area contributed by atoms with Crippen molar-refractivity contribution in [3.63, 3.8) is 0 Å². The van der Waals surface area contributed by atoms with E-state index in [9.17, 15) is 8.78 Å². The maximum atomic E-state index is 12.8. The van der Waals surface area contributed by atoms with E-state index >= 15 is 0 Å². The number of rotatable bonds is 13. The zero-order valence-electron chi connectivity index (χ0n) is 27.2. The van der Waals surface area contributed by atoms with Gasteiger partial charge in [-0.2, -0.15) is 0 Å². The number of anilines is 1. The van der Waals surface area contributed by atoms with E-state index in [4.69, 9.17) is 0 Å². The van der Waals surface area contributed by atoms with E-state index in [1.165, 1.54) is 31.2 Å². The lowest BCUT2D eigenvalue weighted by molar-refractivity contribution is 0.282. The Balaban J connectivity index is 0.000000445. The first-order valence-corrected chi connectivity index (χ1v) is 15.9. The molecule has 0 aliphatic carbocycles. The van der Waals surface area contributed by atoms with Crippen molar-refractivity contribution in [2.24, 2.45) is 5.92 Å². The molecular weight excluding hydrogens is 510 g/mol. The molecule has 2 aromatic rings. The molecule has 0 N–H and O–H groups in total. The molecule has 4 heteroatoms. The minimum absolute atomic E-state index is 0.419. The van der Waals surface area contributed by atoms with Crippen LogP contribution in [0.1, 0.15) is 95.0 Å². The number of hydrogen-bond donors (Lipinski definition) is 0. The second-order valence-corrected chi connectivity index (χ2v) is 11.0. The Kier molecular flexibility index (Phi) is 18.0. The van der Waals surface area contributed by atoms with Crippen LogP contribution < -0.4 is 4.90 Å². The van der Waals surface area contributed by atoms with Crippen molar-refractivity contribution in [2.75, 3.05) is 31.3 Å². The van der Waals surface area contributed by atoms with Crippen molar-refractivity contribution in [2.45, 2.75) is 106 Å². The van der Waals surface area contributed by atoms with Crippen LogP contribution >= 0.6 is 0 Å². The average molecular weight is 569 g/mol. The Hall–Kier alpha value is -2.62. The second kappa shape index (κ2) is 20.3. The zero-order valence-corrected chi connectivity index (χ0v) is 27.2. The third-order valence-corrected chi connectivity index (χ3v) is 7.73. The topological polar surface area (TPSA) is 6.48 Å². The Morgan fingerprint density at radius 3 is 2.02 bits per heavy atom. The number of aryl methyl sites for hydroxylation is 4. The van der Waals surface area contributed by atoms with Gasteiger partial charge >= 0.3 is 0 Å². The van der Waals surface area contributed by atoms with Gasteiger partial charge in [-0.1, -0.05) is 91.0 Å². The first-order chi connectivity index (χ1) is 19.8. The fraction of sp³-hybridized carbons (Fsp3) is 0.568. The summed E-state index contributed by atoms with van der Waals surface area (Å²) in [6.45, 7) is 23.6. The highest BCUT2D eigenvalue weighted by Gasteiger charge is 2.25. The molecule has 1 aliphatic heterocycles. The molecule has 0 amide bonds. The van der Waals surface area contributed by atoms with Gasteiger partial charge in [-0.3, -0.25) is 8.78 Å². The number of piperidine rings is 1. The van der Waals surface area contributed by atoms with Crippen molar-refractivity contribution in [1.29, 1.82) is 0 Å². The van der Waals surface area contributed by atoms with Gasteiger partial charge in [0.2, 0.25) is 0 Å². The van der Waals surface area contributed by atoms with Gasteiger partial charge in [-0.25, -0.2) is 0 Å². The lowest BCUT2D eigenvalue weighted by Gasteiger charge is -2.40. The Morgan fingerprint density at radius 1 is 0.951 bits per heavy atom. The van der Waals surface area contributed by atoms with Gasteiger partial charge in [0.15, 0.2) is 0 Å². The fourth-order valence-corrected chi connectivity index (χ4v) is 5.55. The summed E-state index contributed by atoms with van der Waals surface area (Å²) in [5.41, 5.74) is 8.91. The minimum atomic E-state index is -0.614. The monoisotopic (exact) mass is 568 g/mol. The molecule has 0 unspecified atom stereocenters. The van der Waals surface area contributed by atoms with Crippen LogP contribution in [0.25, 0.3) is 0 Å². The lowest BCUT2D eigenvalue weighted by atomic mass is 9.96. The summed E-state index contributed by atoms with van der Waals surface area (Å²) in [6, 6.07) is 13.6. The summed E-state index contributed by atoms with van der Waals surface area (Å²) < 4.78 is 25.6. The summed E-state index contributed by atoms with van der Waals surface area (Å²) in [5.74, 6) is -0.536. The van der Waals surface area contributed by atoms with Crippen molar-refractivity contribution in [3.05, 3.63) is 89.3 Å². The largest absolute Gasteiger partial charge is 0.378 e. The number of likely N-dealkylation sites (tertiary alicyclic amines) is 1. The SMILES string of the molecule is C=CN1CCC(N(C(=C)C)c2ccc(CC(CF)CF)cc2C)CC1.CC.CCCc1ccc(CC)cc1CCC. The molecule has 0 atom stereocenters. The molecule has 1 heterocycles. The van der Waals surface area contributed by atoms with Gasteiger partial charge < -0.3 is 9.80 Å². The van der Waals surface area contributed by atoms with Gasteiger partial charge in [0.05, 0.1) is 13.3 Å². The van der Waals surface area contributed by atoms with Crippen LogP contribution in [-0.4, -0.2) is 37.4 Å². The molecule has 0 aromatic heterocycles. The predicted molar refractivity (Wildman–Crippen MR) is 178 cm³/mol. The third-order valence-electron chi connectivity index (χ3n) is 7.73. The highest BCUT2D eigenvalue weighted by molar-refractivity contribution is 5.59. The predicted octanol–water partition coefficient (Wildman–Crippen LogP) is 10.2. The second-order valence-electron chi connectivity index (χ2n) is 11.0. The highest BCUT2D eigenvalue weighted by atomic mass is 19.1. The number of nitrogens with zero attached hydrogens (tertiary/aromatic N) is 2. The molecule has 0 spiro atoms. The summed E-state index contributed by atoms with van der Waals surface area (Å²) in [6.07, 6.45) is 10.6. The molecule has 1 fully saturated rings. The van der Waals surface area contributed by atoms with Gasteiger partial charge in [0.25, 0.3) is 0 Å². The number of alkyl halides is 2. The van der Waals surface area contributed by atoms with E-state index < -0.39 is 19.3 Å². The molecule has 0 bridgehead atoms. The molecule has 2 nitrogen and oxygen atoms in total. The summed E-state index contributed by atoms with van der Waals surface area (Å²) in [5, 5.41) is 0. The van der Waals surface area contributed by atoms with E-state index in [1.807, 2.05) is 33.0 Å². The Labute approximate surface area is 251 Å². The van der Waals surface area contributed by atoms with Crippen LogP contribution in [0.3, 0.4) is 0 Å². The third kappa shape index (κ3) is 11.6. The van der Waals surface area contributed by atoms with Crippen LogP contribution in [0.4, 0.5) is 14.5 Å². The smallest absolute Gasteiger partial charge is 0.0950 e. The molecule has 1 aliphatic rings. The molecule has 0 radical (unpaired) electrons. The van der Waals surface area contributed by atoms with Crippen molar-refractivity contribution in [1.82, 2.24) is 4.90 Å². The molecule has 3 rings (SSSR count). The lowest BCUT2D eigenvalue weighted by Crippen LogP contribution is -2.42. The van der Waals surface area contributed by atoms with E-state index in [0.717, 1.165) is 54.9 Å². The van der Waals surface area contributed by atoms with Crippen molar-refractivity contribution < 1.29 is 8.78 Å². The molecule has 1 saturated heterocycles. The Morgan fingerprint density at radius 2 is 1.54 bits per heavy atom. The van der Waals surface area contributed by atoms with E-state index in [2.05, 4.69) is 81.0 Å². The van der Waals surface area contributed by atoms with Crippen LogP contribution in [-0.2, 0) is 25.7 Å². The van der Waals surface area contributed by atoms with E-state index in [1.54, 1.807) is 11.1 Å². The van der Waals surface area contributed by atoms with Crippen molar-refractivity contribution in [3.8, 4) is 0 Å². The van der Waals surface area contributed by atoms with E-state index in [-0.39, 0.29) is 0 Å². The molecule has 0 saturated carbocycles. The summed E-state index contributed by atoms with van der Waals surface area (Å²) in [7, 11) is 0. The van der Waals surface area contributed by atoms with Crippen LogP contribution in [0.15, 0.2) is 61.5 Å².